The molecule has 0 heterocycles. The molecule has 0 spiro atoms. The molecule has 1 nitrogen and oxygen atoms in total. The van der Waals surface area contributed by atoms with Crippen LogP contribution in [-0.4, -0.2) is 24.4 Å². The average Bonchev–Trinajstić information content (AvgIpc) is 2.19. The lowest BCUT2D eigenvalue weighted by molar-refractivity contribution is 0.319. The van der Waals surface area contributed by atoms with E-state index >= 15 is 0 Å². The first-order valence-electron chi connectivity index (χ1n) is 6.48. The number of hydrogen-bond donors (Lipinski definition) is 0. The third kappa shape index (κ3) is 6.64. The van der Waals surface area contributed by atoms with Crippen molar-refractivity contribution < 1.29 is 0 Å². The van der Waals surface area contributed by atoms with E-state index in [9.17, 15) is 0 Å². The average molecular weight is 390 g/mol. The Hall–Kier alpha value is 1.84. The quantitative estimate of drug-likeness (QED) is 0.330. The number of alkyl halides is 5. The Kier molecular flexibility index (Phi) is 9.29. The van der Waals surface area contributed by atoms with Crippen LogP contribution in [0.5, 0.6) is 0 Å². The summed E-state index contributed by atoms with van der Waals surface area (Å²) in [4.78, 5) is 0. The maximum absolute atomic E-state index is 6.55. The molecular weight excluding hydrogens is 366 g/mol. The Morgan fingerprint density at radius 1 is 0.947 bits per heavy atom. The van der Waals surface area contributed by atoms with Crippen molar-refractivity contribution in [3.05, 3.63) is 0 Å². The molecule has 19 heavy (non-hydrogen) atoms. The summed E-state index contributed by atoms with van der Waals surface area (Å²) >= 11 is 31.7. The minimum absolute atomic E-state index is 0.209. The molecule has 1 atom stereocenters. The largest absolute Gasteiger partial charge is 0.271 e. The highest BCUT2D eigenvalue weighted by molar-refractivity contribution is 7.68. The molecule has 0 fully saturated rings. The van der Waals surface area contributed by atoms with Crippen LogP contribution in [0.15, 0.2) is 0 Å². The lowest BCUT2D eigenvalue weighted by Crippen LogP contribution is -2.40. The van der Waals surface area contributed by atoms with E-state index in [4.69, 9.17) is 58.0 Å². The molecule has 1 unspecified atom stereocenters. The Labute approximate surface area is 144 Å². The van der Waals surface area contributed by atoms with Crippen LogP contribution in [0.2, 0.25) is 0 Å². The van der Waals surface area contributed by atoms with E-state index in [-0.39, 0.29) is 12.1 Å². The van der Waals surface area contributed by atoms with Crippen molar-refractivity contribution in [3.63, 3.8) is 0 Å². The second kappa shape index (κ2) is 8.47. The van der Waals surface area contributed by atoms with Gasteiger partial charge in [0.1, 0.15) is 0 Å². The number of hydrogen-bond acceptors (Lipinski definition) is 1. The van der Waals surface area contributed by atoms with Gasteiger partial charge in [0.2, 0.25) is 3.53 Å². The van der Waals surface area contributed by atoms with E-state index in [2.05, 4.69) is 39.3 Å². The molecule has 7 heteroatoms. The zero-order valence-electron chi connectivity index (χ0n) is 12.1. The first kappa shape index (κ1) is 20.8. The second-order valence-electron chi connectivity index (χ2n) is 5.12. The standard InChI is InChI=1S/C12H23Cl5NP/c1-6-7-8-11(13,14)19(12(15,16)17)18(9(2)3)10(4)5/h9-10H,6-8H2,1-5H3. The molecule has 0 saturated heterocycles. The van der Waals surface area contributed by atoms with Gasteiger partial charge in [-0.15, -0.1) is 0 Å². The Morgan fingerprint density at radius 2 is 1.37 bits per heavy atom. The fourth-order valence-electron chi connectivity index (χ4n) is 2.04. The van der Waals surface area contributed by atoms with Crippen LogP contribution in [0.4, 0.5) is 0 Å². The summed E-state index contributed by atoms with van der Waals surface area (Å²) in [7, 11) is -1.34. The van der Waals surface area contributed by atoms with Gasteiger partial charge in [-0.1, -0.05) is 77.8 Å². The van der Waals surface area contributed by atoms with Crippen LogP contribution in [0.25, 0.3) is 0 Å². The molecule has 0 amide bonds. The molecule has 0 saturated carbocycles. The van der Waals surface area contributed by atoms with Crippen LogP contribution in [0.1, 0.15) is 53.9 Å². The topological polar surface area (TPSA) is 3.24 Å². The first-order valence-corrected chi connectivity index (χ1v) is 9.66. The first-order chi connectivity index (χ1) is 8.45. The zero-order chi connectivity index (χ0) is 15.4. The van der Waals surface area contributed by atoms with Crippen molar-refractivity contribution in [1.82, 2.24) is 4.67 Å². The highest BCUT2D eigenvalue weighted by Crippen LogP contribution is 2.72. The monoisotopic (exact) mass is 387 g/mol. The predicted molar refractivity (Wildman–Crippen MR) is 93.3 cm³/mol. The van der Waals surface area contributed by atoms with Crippen LogP contribution < -0.4 is 0 Å². The van der Waals surface area contributed by atoms with Gasteiger partial charge < -0.3 is 0 Å². The lowest BCUT2D eigenvalue weighted by Gasteiger charge is -2.46. The lowest BCUT2D eigenvalue weighted by atomic mass is 10.3. The van der Waals surface area contributed by atoms with E-state index in [0.29, 0.717) is 6.42 Å². The van der Waals surface area contributed by atoms with Crippen LogP contribution in [0, 0.1) is 0 Å². The predicted octanol–water partition coefficient (Wildman–Crippen LogP) is 7.15. The molecule has 0 aromatic carbocycles. The van der Waals surface area contributed by atoms with Crippen LogP contribution in [-0.2, 0) is 0 Å². The summed E-state index contributed by atoms with van der Waals surface area (Å²) in [5, 5.41) is 0. The van der Waals surface area contributed by atoms with Crippen molar-refractivity contribution in [2.24, 2.45) is 0 Å². The maximum Gasteiger partial charge on any atom is 0.224 e. The van der Waals surface area contributed by atoms with Gasteiger partial charge in [-0.2, -0.15) is 0 Å². The van der Waals surface area contributed by atoms with Gasteiger partial charge in [-0.3, -0.25) is 4.67 Å². The van der Waals surface area contributed by atoms with Crippen molar-refractivity contribution in [1.29, 1.82) is 0 Å². The molecule has 0 bridgehead atoms. The van der Waals surface area contributed by atoms with Gasteiger partial charge in [0.25, 0.3) is 0 Å². The molecular formula is C12H23Cl5NP. The van der Waals surface area contributed by atoms with Gasteiger partial charge in [0, 0.05) is 12.1 Å². The molecule has 0 aliphatic heterocycles. The van der Waals surface area contributed by atoms with Gasteiger partial charge >= 0.3 is 0 Å². The maximum atomic E-state index is 6.55. The SMILES string of the molecule is CCCCC(Cl)(Cl)P(N(C(C)C)C(C)C)C(Cl)(Cl)Cl. The fraction of sp³-hybridized carbons (Fsp3) is 1.00. The third-order valence-corrected chi connectivity index (χ3v) is 8.16. The van der Waals surface area contributed by atoms with Crippen molar-refractivity contribution >= 4 is 66.1 Å². The van der Waals surface area contributed by atoms with Crippen LogP contribution >= 0.6 is 66.1 Å². The summed E-state index contributed by atoms with van der Waals surface area (Å²) < 4.78 is -0.357. The smallest absolute Gasteiger partial charge is 0.224 e. The molecule has 0 radical (unpaired) electrons. The van der Waals surface area contributed by atoms with Gasteiger partial charge in [0.05, 0.1) is 8.07 Å². The van der Waals surface area contributed by atoms with Crippen molar-refractivity contribution in [2.75, 3.05) is 0 Å². The number of halogens is 5. The van der Waals surface area contributed by atoms with Gasteiger partial charge in [-0.05, 0) is 34.1 Å². The second-order valence-corrected chi connectivity index (χ2v) is 12.7. The van der Waals surface area contributed by atoms with E-state index < -0.39 is 15.7 Å². The summed E-state index contributed by atoms with van der Waals surface area (Å²) in [6, 6.07) is 0.417. The summed E-state index contributed by atoms with van der Waals surface area (Å²) in [6.45, 7) is 10.3. The molecule has 0 rings (SSSR count). The normalized spacial score (nSPS) is 15.6. The summed E-state index contributed by atoms with van der Waals surface area (Å²) in [6.07, 6.45) is 2.55. The summed E-state index contributed by atoms with van der Waals surface area (Å²) in [5.74, 6) is 0. The highest BCUT2D eigenvalue weighted by atomic mass is 35.6. The van der Waals surface area contributed by atoms with Crippen molar-refractivity contribution in [3.8, 4) is 0 Å². The van der Waals surface area contributed by atoms with E-state index in [1.807, 2.05) is 0 Å². The minimum Gasteiger partial charge on any atom is -0.271 e. The molecule has 0 aromatic rings. The van der Waals surface area contributed by atoms with Gasteiger partial charge in [0.15, 0.2) is 4.07 Å². The van der Waals surface area contributed by atoms with Gasteiger partial charge in [-0.25, -0.2) is 0 Å². The number of unbranched alkanes of at least 4 members (excludes halogenated alkanes) is 1. The Bertz CT molecular complexity index is 257. The molecule has 0 aliphatic carbocycles. The zero-order valence-corrected chi connectivity index (χ0v) is 16.7. The van der Waals surface area contributed by atoms with Crippen molar-refractivity contribution in [2.45, 2.75) is 73.6 Å². The summed E-state index contributed by atoms with van der Waals surface area (Å²) in [5.41, 5.74) is 0. The number of nitrogens with zero attached hydrogens (tertiary/aromatic N) is 1. The minimum atomic E-state index is -1.47. The number of rotatable bonds is 7. The molecule has 0 N–H and O–H groups in total. The van der Waals surface area contributed by atoms with Crippen LogP contribution in [0.3, 0.4) is 0 Å². The Morgan fingerprint density at radius 3 is 1.63 bits per heavy atom. The highest BCUT2D eigenvalue weighted by Gasteiger charge is 2.51. The van der Waals surface area contributed by atoms with E-state index in [1.165, 1.54) is 0 Å². The fourth-order valence-corrected chi connectivity index (χ4v) is 8.72. The molecule has 0 aromatic heterocycles. The van der Waals surface area contributed by atoms with E-state index in [1.54, 1.807) is 0 Å². The molecule has 0 aliphatic rings. The molecule has 116 valence electrons. The van der Waals surface area contributed by atoms with E-state index in [0.717, 1.165) is 12.8 Å². The Balaban J connectivity index is 5.42. The third-order valence-electron chi connectivity index (χ3n) is 2.67.